The molecule has 1 aliphatic rings. The number of hydrogen-bond acceptors (Lipinski definition) is 4. The molecule has 1 saturated heterocycles. The zero-order valence-corrected chi connectivity index (χ0v) is 10.6. The molecule has 0 N–H and O–H groups in total. The molecule has 0 atom stereocenters. The van der Waals surface area contributed by atoms with Crippen LogP contribution in [0.3, 0.4) is 0 Å². The van der Waals surface area contributed by atoms with E-state index in [2.05, 4.69) is 0 Å². The lowest BCUT2D eigenvalue weighted by atomic mass is 10.2. The molecule has 0 aromatic heterocycles. The van der Waals surface area contributed by atoms with Crippen LogP contribution in [0.15, 0.2) is 18.2 Å². The minimum absolute atomic E-state index is 0.446. The summed E-state index contributed by atoms with van der Waals surface area (Å²) in [7, 11) is 0. The summed E-state index contributed by atoms with van der Waals surface area (Å²) >= 11 is 0. The predicted molar refractivity (Wildman–Crippen MR) is 65.4 cm³/mol. The van der Waals surface area contributed by atoms with E-state index >= 15 is 0 Å². The van der Waals surface area contributed by atoms with Crippen LogP contribution >= 0.6 is 0 Å². The van der Waals surface area contributed by atoms with Crippen LogP contribution in [0.5, 0.6) is 0 Å². The van der Waals surface area contributed by atoms with Gasteiger partial charge in [0, 0.05) is 19.2 Å². The molecule has 0 unspecified atom stereocenters. The molecule has 0 radical (unpaired) electrons. The second-order valence-corrected chi connectivity index (χ2v) is 3.59. The molecule has 1 aromatic carbocycles. The van der Waals surface area contributed by atoms with Gasteiger partial charge in [-0.3, -0.25) is 15.0 Å². The lowest BCUT2D eigenvalue weighted by Gasteiger charge is -2.13. The highest BCUT2D eigenvalue weighted by Crippen LogP contribution is 2.20. The van der Waals surface area contributed by atoms with Crippen LogP contribution in [0.1, 0.15) is 25.8 Å². The van der Waals surface area contributed by atoms with Gasteiger partial charge in [0.25, 0.3) is 0 Å². The monoisotopic (exact) mass is 256 g/mol. The largest absolute Gasteiger partial charge is 0.305 e. The van der Waals surface area contributed by atoms with Gasteiger partial charge in [0.1, 0.15) is 0 Å². The number of nitro benzene ring substituents is 1. The van der Waals surface area contributed by atoms with E-state index in [1.54, 1.807) is 5.06 Å². The zero-order chi connectivity index (χ0) is 13.5. The van der Waals surface area contributed by atoms with E-state index in [9.17, 15) is 14.5 Å². The van der Waals surface area contributed by atoms with Crippen LogP contribution < -0.4 is 0 Å². The molecule has 0 saturated carbocycles. The third kappa shape index (κ3) is 3.75. The molecule has 0 aliphatic carbocycles. The Morgan fingerprint density at radius 3 is 2.78 bits per heavy atom. The summed E-state index contributed by atoms with van der Waals surface area (Å²) in [5.74, 6) is -0.809. The van der Waals surface area contributed by atoms with Gasteiger partial charge < -0.3 is 0 Å². The molecule has 1 fully saturated rings. The topological polar surface area (TPSA) is 55.6 Å². The Kier molecular flexibility index (Phi) is 5.67. The Hall–Kier alpha value is -1.53. The first-order valence-corrected chi connectivity index (χ1v) is 5.97. The first-order valence-electron chi connectivity index (χ1n) is 5.97. The Balaban J connectivity index is 0.000000771. The van der Waals surface area contributed by atoms with Crippen molar-refractivity contribution in [2.24, 2.45) is 0 Å². The van der Waals surface area contributed by atoms with E-state index < -0.39 is 16.4 Å². The fourth-order valence-corrected chi connectivity index (χ4v) is 1.62. The van der Waals surface area contributed by atoms with E-state index in [1.807, 2.05) is 13.8 Å². The lowest BCUT2D eigenvalue weighted by molar-refractivity contribution is -0.387. The van der Waals surface area contributed by atoms with Crippen molar-refractivity contribution < 1.29 is 14.2 Å². The Morgan fingerprint density at radius 1 is 1.50 bits per heavy atom. The van der Waals surface area contributed by atoms with Gasteiger partial charge in [0.2, 0.25) is 5.82 Å². The molecule has 100 valence electrons. The molecule has 6 heteroatoms. The molecule has 1 heterocycles. The maximum atomic E-state index is 13.0. The Bertz CT molecular complexity index is 406. The van der Waals surface area contributed by atoms with Gasteiger partial charge in [-0.15, -0.1) is 0 Å². The van der Waals surface area contributed by atoms with Crippen molar-refractivity contribution in [1.82, 2.24) is 5.06 Å². The predicted octanol–water partition coefficient (Wildman–Crippen LogP) is 2.90. The zero-order valence-electron chi connectivity index (χ0n) is 10.6. The molecule has 0 spiro atoms. The summed E-state index contributed by atoms with van der Waals surface area (Å²) in [6.07, 6.45) is 0.948. The van der Waals surface area contributed by atoms with Gasteiger partial charge in [-0.25, -0.2) is 0 Å². The van der Waals surface area contributed by atoms with Crippen molar-refractivity contribution in [3.63, 3.8) is 0 Å². The SMILES string of the molecule is CC.O=[N+]([O-])c1cc(CN2CCCO2)ccc1F. The van der Waals surface area contributed by atoms with Crippen LogP contribution in [0.4, 0.5) is 10.1 Å². The number of nitro groups is 1. The van der Waals surface area contributed by atoms with Crippen molar-refractivity contribution in [3.8, 4) is 0 Å². The van der Waals surface area contributed by atoms with E-state index in [1.165, 1.54) is 12.1 Å². The van der Waals surface area contributed by atoms with E-state index in [0.29, 0.717) is 18.7 Å². The van der Waals surface area contributed by atoms with Gasteiger partial charge >= 0.3 is 5.69 Å². The van der Waals surface area contributed by atoms with Crippen molar-refractivity contribution in [2.45, 2.75) is 26.8 Å². The third-order valence-corrected chi connectivity index (χ3v) is 2.39. The molecule has 18 heavy (non-hydrogen) atoms. The van der Waals surface area contributed by atoms with Gasteiger partial charge in [0.05, 0.1) is 11.5 Å². The molecule has 2 rings (SSSR count). The normalized spacial score (nSPS) is 15.1. The lowest BCUT2D eigenvalue weighted by Crippen LogP contribution is -2.17. The van der Waals surface area contributed by atoms with Crippen LogP contribution in [-0.4, -0.2) is 23.1 Å². The van der Waals surface area contributed by atoms with Gasteiger partial charge in [-0.2, -0.15) is 9.45 Å². The van der Waals surface area contributed by atoms with Crippen molar-refractivity contribution in [1.29, 1.82) is 0 Å². The smallest absolute Gasteiger partial charge is 0.299 e. The molecule has 5 nitrogen and oxygen atoms in total. The number of nitrogens with zero attached hydrogens (tertiary/aromatic N) is 2. The van der Waals surface area contributed by atoms with Gasteiger partial charge in [-0.05, 0) is 18.1 Å². The van der Waals surface area contributed by atoms with Crippen LogP contribution in [0, 0.1) is 15.9 Å². The quantitative estimate of drug-likeness (QED) is 0.616. The maximum absolute atomic E-state index is 13.0. The highest BCUT2D eigenvalue weighted by Gasteiger charge is 2.17. The number of hydroxylamine groups is 2. The summed E-state index contributed by atoms with van der Waals surface area (Å²) in [6.45, 7) is 5.91. The molecule has 1 aliphatic heterocycles. The van der Waals surface area contributed by atoms with E-state index in [-0.39, 0.29) is 0 Å². The molecular weight excluding hydrogens is 239 g/mol. The molecule has 1 aromatic rings. The fraction of sp³-hybridized carbons (Fsp3) is 0.500. The Morgan fingerprint density at radius 2 is 2.22 bits per heavy atom. The summed E-state index contributed by atoms with van der Waals surface area (Å²) in [5, 5.41) is 12.3. The summed E-state index contributed by atoms with van der Waals surface area (Å²) in [4.78, 5) is 15.1. The first kappa shape index (κ1) is 14.5. The summed E-state index contributed by atoms with van der Waals surface area (Å²) < 4.78 is 13.0. The third-order valence-electron chi connectivity index (χ3n) is 2.39. The average molecular weight is 256 g/mol. The first-order chi connectivity index (χ1) is 8.66. The Labute approximate surface area is 105 Å². The molecule has 0 amide bonds. The maximum Gasteiger partial charge on any atom is 0.305 e. The van der Waals surface area contributed by atoms with Crippen LogP contribution in [-0.2, 0) is 11.4 Å². The van der Waals surface area contributed by atoms with Gasteiger partial charge in [0.15, 0.2) is 0 Å². The second kappa shape index (κ2) is 7.03. The number of hydrogen-bond donors (Lipinski definition) is 0. The second-order valence-electron chi connectivity index (χ2n) is 3.59. The summed E-state index contributed by atoms with van der Waals surface area (Å²) in [6, 6.07) is 3.89. The number of halogens is 1. The minimum atomic E-state index is -0.809. The fourth-order valence-electron chi connectivity index (χ4n) is 1.62. The summed E-state index contributed by atoms with van der Waals surface area (Å²) in [5.41, 5.74) is 0.187. The number of rotatable bonds is 3. The van der Waals surface area contributed by atoms with E-state index in [0.717, 1.165) is 19.0 Å². The highest BCUT2D eigenvalue weighted by atomic mass is 19.1. The molecule has 0 bridgehead atoms. The van der Waals surface area contributed by atoms with Crippen LogP contribution in [0.2, 0.25) is 0 Å². The van der Waals surface area contributed by atoms with Gasteiger partial charge in [-0.1, -0.05) is 19.9 Å². The standard InChI is InChI=1S/C10H11FN2O3.C2H6/c11-9-3-2-8(6-10(9)13(14)15)7-12-4-1-5-16-12;1-2/h2-3,6H,1,4-5,7H2;1-2H3. The van der Waals surface area contributed by atoms with Crippen LogP contribution in [0.25, 0.3) is 0 Å². The van der Waals surface area contributed by atoms with E-state index in [4.69, 9.17) is 4.84 Å². The number of benzene rings is 1. The minimum Gasteiger partial charge on any atom is -0.299 e. The average Bonchev–Trinajstić information content (AvgIpc) is 2.87. The highest BCUT2D eigenvalue weighted by molar-refractivity contribution is 5.36. The van der Waals surface area contributed by atoms with Crippen molar-refractivity contribution >= 4 is 5.69 Å². The van der Waals surface area contributed by atoms with Crippen molar-refractivity contribution in [3.05, 3.63) is 39.7 Å². The molecular formula is C12H17FN2O3. The van der Waals surface area contributed by atoms with Crippen molar-refractivity contribution in [2.75, 3.05) is 13.2 Å².